The number of likely N-dealkylation sites (N-methyl/N-ethyl adjacent to an activating group) is 1. The van der Waals surface area contributed by atoms with Crippen LogP contribution in [0.25, 0.3) is 0 Å². The minimum Gasteiger partial charge on any atom is -0.348 e. The lowest BCUT2D eigenvalue weighted by Crippen LogP contribution is -2.80. The second kappa shape index (κ2) is 5.76. The predicted octanol–water partition coefficient (Wildman–Crippen LogP) is 0.473. The van der Waals surface area contributed by atoms with E-state index in [9.17, 15) is 8.42 Å². The van der Waals surface area contributed by atoms with Gasteiger partial charge in [0.05, 0.1) is 29.9 Å². The lowest BCUT2D eigenvalue weighted by Gasteiger charge is -2.06. The maximum absolute atomic E-state index is 12.6. The lowest BCUT2D eigenvalue weighted by molar-refractivity contribution is -0.626. The summed E-state index contributed by atoms with van der Waals surface area (Å²) >= 11 is 0. The molecule has 108 valence electrons. The zero-order chi connectivity index (χ0) is 14.8. The second-order valence-electron chi connectivity index (χ2n) is 4.76. The second-order valence-corrected chi connectivity index (χ2v) is 6.52. The van der Waals surface area contributed by atoms with Crippen molar-refractivity contribution in [2.45, 2.75) is 25.2 Å². The van der Waals surface area contributed by atoms with Gasteiger partial charge in [0, 0.05) is 12.0 Å². The van der Waals surface area contributed by atoms with Crippen LogP contribution in [0.3, 0.4) is 0 Å². The van der Waals surface area contributed by atoms with E-state index in [4.69, 9.17) is 0 Å². The fourth-order valence-electron chi connectivity index (χ4n) is 2.23. The van der Waals surface area contributed by atoms with Crippen LogP contribution >= 0.6 is 0 Å². The maximum atomic E-state index is 12.6. The minimum absolute atomic E-state index is 0.263. The summed E-state index contributed by atoms with van der Waals surface area (Å²) in [4.78, 5) is 0.263. The van der Waals surface area contributed by atoms with Gasteiger partial charge < -0.3 is 5.32 Å². The molecule has 1 aromatic carbocycles. The summed E-state index contributed by atoms with van der Waals surface area (Å²) < 4.78 is 26.3. The highest BCUT2D eigenvalue weighted by Gasteiger charge is 2.23. The first kappa shape index (κ1) is 14.7. The van der Waals surface area contributed by atoms with Gasteiger partial charge in [-0.3, -0.25) is 0 Å². The summed E-state index contributed by atoms with van der Waals surface area (Å²) in [6.45, 7) is 4.58. The summed E-state index contributed by atoms with van der Waals surface area (Å²) in [7, 11) is -1.61. The van der Waals surface area contributed by atoms with Crippen LogP contribution in [0.5, 0.6) is 0 Å². The summed E-state index contributed by atoms with van der Waals surface area (Å²) in [5, 5.41) is 6.30. The Kier molecular flexibility index (Phi) is 4.25. The number of hydrogen-bond donors (Lipinski definition) is 1. The largest absolute Gasteiger partial charge is 0.348 e. The molecule has 0 aliphatic rings. The molecule has 0 unspecified atom stereocenters. The van der Waals surface area contributed by atoms with E-state index in [2.05, 4.69) is 10.4 Å². The molecule has 0 aliphatic carbocycles. The summed E-state index contributed by atoms with van der Waals surface area (Å²) in [6.07, 6.45) is 0.818. The van der Waals surface area contributed by atoms with Crippen LogP contribution < -0.4 is 5.32 Å². The van der Waals surface area contributed by atoms with E-state index < -0.39 is 10.0 Å². The molecule has 2 aromatic rings. The van der Waals surface area contributed by atoms with Crippen LogP contribution in [0.1, 0.15) is 17.0 Å². The van der Waals surface area contributed by atoms with E-state index in [1.54, 1.807) is 30.3 Å². The number of aromatic nitrogens is 2. The van der Waals surface area contributed by atoms with Crippen molar-refractivity contribution in [3.8, 4) is 0 Å². The van der Waals surface area contributed by atoms with Crippen LogP contribution in [0.15, 0.2) is 35.2 Å². The lowest BCUT2D eigenvalue weighted by atomic mass is 10.1. The Morgan fingerprint density at radius 2 is 1.85 bits per heavy atom. The van der Waals surface area contributed by atoms with Gasteiger partial charge in [0.15, 0.2) is 0 Å². The van der Waals surface area contributed by atoms with Gasteiger partial charge in [-0.25, -0.2) is 0 Å². The Morgan fingerprint density at radius 1 is 1.20 bits per heavy atom. The molecule has 0 aliphatic heterocycles. The fourth-order valence-corrected chi connectivity index (χ4v) is 3.63. The van der Waals surface area contributed by atoms with E-state index >= 15 is 0 Å². The molecule has 0 atom stereocenters. The maximum Gasteiger partial charge on any atom is 0.283 e. The number of hydrogen-bond acceptors (Lipinski definition) is 3. The standard InChI is InChI=1S/C14H19N3O2S/c1-11-14(9-10-15-3)12(2)17(16-11)20(18,19)13-7-5-4-6-8-13/h4-8,15H,9-10H2,1-3H3/p+1. The SMILES string of the molecule is C[NH2+]CCc1c(C)nn(S(=O)(=O)c2ccccc2)c1C. The number of nitrogens with zero attached hydrogens (tertiary/aromatic N) is 2. The van der Waals surface area contributed by atoms with E-state index in [0.29, 0.717) is 5.69 Å². The van der Waals surface area contributed by atoms with Gasteiger partial charge in [-0.2, -0.15) is 17.6 Å². The molecule has 0 saturated carbocycles. The number of nitrogens with two attached hydrogens (primary N) is 1. The van der Waals surface area contributed by atoms with E-state index in [0.717, 1.165) is 28.3 Å². The molecule has 0 amide bonds. The van der Waals surface area contributed by atoms with Gasteiger partial charge in [-0.05, 0) is 26.0 Å². The van der Waals surface area contributed by atoms with Crippen LogP contribution in [0.4, 0.5) is 0 Å². The average molecular weight is 294 g/mol. The zero-order valence-corrected chi connectivity index (χ0v) is 12.8. The number of benzene rings is 1. The molecule has 2 rings (SSSR count). The summed E-state index contributed by atoms with van der Waals surface area (Å²) in [6, 6.07) is 8.40. The molecular weight excluding hydrogens is 274 g/mol. The Labute approximate surface area is 119 Å². The first-order chi connectivity index (χ1) is 9.48. The number of quaternary nitrogens is 1. The van der Waals surface area contributed by atoms with Gasteiger partial charge in [-0.1, -0.05) is 18.2 Å². The molecule has 0 saturated heterocycles. The Balaban J connectivity index is 2.49. The predicted molar refractivity (Wildman–Crippen MR) is 77.1 cm³/mol. The zero-order valence-electron chi connectivity index (χ0n) is 12.0. The Hall–Kier alpha value is -1.66. The molecule has 0 spiro atoms. The van der Waals surface area contributed by atoms with Crippen molar-refractivity contribution in [1.82, 2.24) is 9.19 Å². The van der Waals surface area contributed by atoms with Gasteiger partial charge in [-0.15, -0.1) is 0 Å². The van der Waals surface area contributed by atoms with Gasteiger partial charge in [0.1, 0.15) is 0 Å². The van der Waals surface area contributed by atoms with Gasteiger partial charge in [0.25, 0.3) is 10.0 Å². The smallest absolute Gasteiger partial charge is 0.283 e. The summed E-state index contributed by atoms with van der Waals surface area (Å²) in [5.41, 5.74) is 2.50. The van der Waals surface area contributed by atoms with E-state index in [1.165, 1.54) is 0 Å². The van der Waals surface area contributed by atoms with Gasteiger partial charge >= 0.3 is 0 Å². The molecule has 1 aromatic heterocycles. The van der Waals surface area contributed by atoms with Crippen LogP contribution in [-0.2, 0) is 16.4 Å². The molecule has 1 heterocycles. The Bertz CT molecular complexity index is 691. The monoisotopic (exact) mass is 294 g/mol. The molecule has 2 N–H and O–H groups in total. The van der Waals surface area contributed by atoms with Crippen molar-refractivity contribution < 1.29 is 13.7 Å². The van der Waals surface area contributed by atoms with Crippen LogP contribution in [-0.4, -0.2) is 31.2 Å². The first-order valence-corrected chi connectivity index (χ1v) is 8.06. The van der Waals surface area contributed by atoms with Crippen LogP contribution in [0.2, 0.25) is 0 Å². The average Bonchev–Trinajstić information content (AvgIpc) is 2.73. The quantitative estimate of drug-likeness (QED) is 0.872. The molecule has 6 heteroatoms. The normalized spacial score (nSPS) is 11.8. The molecule has 20 heavy (non-hydrogen) atoms. The van der Waals surface area contributed by atoms with Crippen molar-refractivity contribution in [3.05, 3.63) is 47.3 Å². The van der Waals surface area contributed by atoms with E-state index in [1.807, 2.05) is 20.9 Å². The van der Waals surface area contributed by atoms with Crippen molar-refractivity contribution in [3.63, 3.8) is 0 Å². The van der Waals surface area contributed by atoms with Crippen molar-refractivity contribution >= 4 is 10.0 Å². The fraction of sp³-hybridized carbons (Fsp3) is 0.357. The van der Waals surface area contributed by atoms with Crippen LogP contribution in [0, 0.1) is 13.8 Å². The number of aryl methyl sites for hydroxylation is 1. The first-order valence-electron chi connectivity index (χ1n) is 6.62. The Morgan fingerprint density at radius 3 is 2.45 bits per heavy atom. The highest BCUT2D eigenvalue weighted by atomic mass is 32.2. The molecule has 0 radical (unpaired) electrons. The third-order valence-electron chi connectivity index (χ3n) is 3.35. The molecule has 5 nitrogen and oxygen atoms in total. The van der Waals surface area contributed by atoms with Crippen molar-refractivity contribution in [2.24, 2.45) is 0 Å². The topological polar surface area (TPSA) is 68.6 Å². The van der Waals surface area contributed by atoms with Crippen molar-refractivity contribution in [2.75, 3.05) is 13.6 Å². The highest BCUT2D eigenvalue weighted by molar-refractivity contribution is 7.89. The molecular formula is C14H20N3O2S+. The molecule has 0 fully saturated rings. The highest BCUT2D eigenvalue weighted by Crippen LogP contribution is 2.19. The van der Waals surface area contributed by atoms with Crippen molar-refractivity contribution in [1.29, 1.82) is 0 Å². The third-order valence-corrected chi connectivity index (χ3v) is 5.03. The minimum atomic E-state index is -3.60. The summed E-state index contributed by atoms with van der Waals surface area (Å²) in [5.74, 6) is 0. The number of rotatable bonds is 5. The third kappa shape index (κ3) is 2.62. The van der Waals surface area contributed by atoms with Gasteiger partial charge in [0.2, 0.25) is 0 Å². The molecule has 0 bridgehead atoms. The van der Waals surface area contributed by atoms with E-state index in [-0.39, 0.29) is 4.90 Å².